The van der Waals surface area contributed by atoms with Crippen molar-refractivity contribution in [2.45, 2.75) is 59.3 Å². The van der Waals surface area contributed by atoms with Crippen molar-refractivity contribution in [2.24, 2.45) is 11.3 Å². The standard InChI is InChI=1S/C21H28N2O3S/c1-4-11-23(16-7-8-17-18(12-16)27-15(3)22-17)20(26)21(9-5-6-10-21)13-14(2)19(24)25/h7-8,12,14H,4-6,9-11,13H2,1-3H3,(H,24,25). The summed E-state index contributed by atoms with van der Waals surface area (Å²) in [5.41, 5.74) is 1.30. The van der Waals surface area contributed by atoms with Crippen molar-refractivity contribution in [1.29, 1.82) is 0 Å². The third kappa shape index (κ3) is 4.00. The average Bonchev–Trinajstić information content (AvgIpc) is 3.24. The Morgan fingerprint density at radius 3 is 2.67 bits per heavy atom. The minimum absolute atomic E-state index is 0.0931. The Kier molecular flexibility index (Phi) is 5.84. The van der Waals surface area contributed by atoms with Crippen LogP contribution in [0.15, 0.2) is 18.2 Å². The fourth-order valence-electron chi connectivity index (χ4n) is 4.28. The number of benzene rings is 1. The summed E-state index contributed by atoms with van der Waals surface area (Å²) in [4.78, 5) is 31.5. The van der Waals surface area contributed by atoms with Crippen LogP contribution in [0.1, 0.15) is 57.4 Å². The number of aryl methyl sites for hydroxylation is 1. The molecule has 3 rings (SSSR count). The lowest BCUT2D eigenvalue weighted by atomic mass is 9.76. The Bertz CT molecular complexity index is 839. The van der Waals surface area contributed by atoms with Crippen LogP contribution in [0.5, 0.6) is 0 Å². The lowest BCUT2D eigenvalue weighted by molar-refractivity contribution is -0.143. The number of rotatable bonds is 7. The van der Waals surface area contributed by atoms with E-state index < -0.39 is 17.3 Å². The maximum Gasteiger partial charge on any atom is 0.306 e. The van der Waals surface area contributed by atoms with Gasteiger partial charge in [-0.15, -0.1) is 11.3 Å². The normalized spacial score (nSPS) is 17.1. The highest BCUT2D eigenvalue weighted by molar-refractivity contribution is 7.18. The van der Waals surface area contributed by atoms with Crippen LogP contribution >= 0.6 is 11.3 Å². The summed E-state index contributed by atoms with van der Waals surface area (Å²) in [6.45, 7) is 6.41. The minimum atomic E-state index is -0.822. The van der Waals surface area contributed by atoms with Gasteiger partial charge in [-0.25, -0.2) is 4.98 Å². The molecule has 1 aromatic heterocycles. The number of nitrogens with zero attached hydrogens (tertiary/aromatic N) is 2. The molecule has 5 nitrogen and oxygen atoms in total. The predicted octanol–water partition coefficient (Wildman–Crippen LogP) is 5.02. The van der Waals surface area contributed by atoms with E-state index in [2.05, 4.69) is 18.0 Å². The van der Waals surface area contributed by atoms with Crippen molar-refractivity contribution in [3.63, 3.8) is 0 Å². The van der Waals surface area contributed by atoms with E-state index in [1.54, 1.807) is 18.3 Å². The predicted molar refractivity (Wildman–Crippen MR) is 109 cm³/mol. The van der Waals surface area contributed by atoms with Crippen LogP contribution in [0.3, 0.4) is 0 Å². The van der Waals surface area contributed by atoms with Crippen molar-refractivity contribution < 1.29 is 14.7 Å². The molecule has 1 heterocycles. The number of carboxylic acids is 1. The van der Waals surface area contributed by atoms with E-state index in [1.807, 2.05) is 24.0 Å². The summed E-state index contributed by atoms with van der Waals surface area (Å²) < 4.78 is 1.08. The largest absolute Gasteiger partial charge is 0.481 e. The molecule has 146 valence electrons. The Morgan fingerprint density at radius 1 is 1.33 bits per heavy atom. The number of aromatic nitrogens is 1. The zero-order valence-corrected chi connectivity index (χ0v) is 17.1. The summed E-state index contributed by atoms with van der Waals surface area (Å²) in [5.74, 6) is -1.24. The number of carbonyl (C=O) groups is 2. The summed E-state index contributed by atoms with van der Waals surface area (Å²) in [5, 5.41) is 10.4. The molecule has 1 aromatic carbocycles. The van der Waals surface area contributed by atoms with Gasteiger partial charge in [0.25, 0.3) is 0 Å². The molecule has 1 atom stereocenters. The van der Waals surface area contributed by atoms with E-state index in [0.717, 1.165) is 53.0 Å². The first-order valence-corrected chi connectivity index (χ1v) is 10.6. The Balaban J connectivity index is 1.95. The molecule has 0 aliphatic heterocycles. The SMILES string of the molecule is CCCN(C(=O)C1(CC(C)C(=O)O)CCCC1)c1ccc2nc(C)sc2c1. The highest BCUT2D eigenvalue weighted by Gasteiger charge is 2.45. The third-order valence-electron chi connectivity index (χ3n) is 5.62. The zero-order valence-electron chi connectivity index (χ0n) is 16.3. The number of carboxylic acid groups (broad SMARTS) is 1. The first kappa shape index (κ1) is 19.8. The molecule has 0 saturated heterocycles. The van der Waals surface area contributed by atoms with Gasteiger partial charge >= 0.3 is 5.97 Å². The number of thiazole rings is 1. The first-order valence-electron chi connectivity index (χ1n) is 9.78. The molecule has 2 aromatic rings. The molecule has 1 amide bonds. The smallest absolute Gasteiger partial charge is 0.306 e. The van der Waals surface area contributed by atoms with Crippen LogP contribution < -0.4 is 4.90 Å². The third-order valence-corrected chi connectivity index (χ3v) is 6.55. The van der Waals surface area contributed by atoms with Crippen LogP contribution in [-0.4, -0.2) is 28.5 Å². The quantitative estimate of drug-likeness (QED) is 0.723. The van der Waals surface area contributed by atoms with E-state index in [9.17, 15) is 14.7 Å². The summed E-state index contributed by atoms with van der Waals surface area (Å²) in [6.07, 6.45) is 4.83. The van der Waals surface area contributed by atoms with Crippen LogP contribution in [0, 0.1) is 18.3 Å². The van der Waals surface area contributed by atoms with Gasteiger partial charge in [0.15, 0.2) is 0 Å². The van der Waals surface area contributed by atoms with Gasteiger partial charge in [0.1, 0.15) is 0 Å². The van der Waals surface area contributed by atoms with Crippen LogP contribution in [0.2, 0.25) is 0 Å². The molecular weight excluding hydrogens is 360 g/mol. The number of hydrogen-bond donors (Lipinski definition) is 1. The molecule has 0 radical (unpaired) electrons. The molecule has 1 fully saturated rings. The summed E-state index contributed by atoms with van der Waals surface area (Å²) in [6, 6.07) is 6.00. The molecule has 1 aliphatic carbocycles. The lowest BCUT2D eigenvalue weighted by Crippen LogP contribution is -2.44. The number of hydrogen-bond acceptors (Lipinski definition) is 4. The first-order chi connectivity index (χ1) is 12.9. The van der Waals surface area contributed by atoms with Crippen molar-refractivity contribution in [3.05, 3.63) is 23.2 Å². The second-order valence-electron chi connectivity index (χ2n) is 7.77. The topological polar surface area (TPSA) is 70.5 Å². The van der Waals surface area contributed by atoms with E-state index in [4.69, 9.17) is 0 Å². The van der Waals surface area contributed by atoms with Gasteiger partial charge in [-0.3, -0.25) is 9.59 Å². The van der Waals surface area contributed by atoms with Gasteiger partial charge in [0.05, 0.1) is 26.6 Å². The molecule has 27 heavy (non-hydrogen) atoms. The second kappa shape index (κ2) is 7.97. The highest BCUT2D eigenvalue weighted by atomic mass is 32.1. The van der Waals surface area contributed by atoms with Crippen molar-refractivity contribution >= 4 is 39.1 Å². The molecular formula is C21H28N2O3S. The summed E-state index contributed by atoms with van der Waals surface area (Å²) >= 11 is 1.63. The van der Waals surface area contributed by atoms with Crippen LogP contribution in [0.4, 0.5) is 5.69 Å². The van der Waals surface area contributed by atoms with E-state index >= 15 is 0 Å². The molecule has 0 bridgehead atoms. The molecule has 0 spiro atoms. The maximum absolute atomic E-state index is 13.7. The molecule has 1 aliphatic rings. The van der Waals surface area contributed by atoms with E-state index in [-0.39, 0.29) is 5.91 Å². The van der Waals surface area contributed by atoms with Gasteiger partial charge < -0.3 is 10.0 Å². The molecule has 6 heteroatoms. The second-order valence-corrected chi connectivity index (χ2v) is 9.01. The van der Waals surface area contributed by atoms with Gasteiger partial charge in [0, 0.05) is 12.2 Å². The number of aliphatic carboxylic acids is 1. The van der Waals surface area contributed by atoms with Gasteiger partial charge in [0.2, 0.25) is 5.91 Å². The van der Waals surface area contributed by atoms with Gasteiger partial charge in [-0.2, -0.15) is 0 Å². The molecule has 1 unspecified atom stereocenters. The van der Waals surface area contributed by atoms with E-state index in [1.165, 1.54) is 0 Å². The number of carbonyl (C=O) groups excluding carboxylic acids is 1. The Hall–Kier alpha value is -1.95. The number of anilines is 1. The molecule has 1 N–H and O–H groups in total. The van der Waals surface area contributed by atoms with Crippen molar-refractivity contribution in [2.75, 3.05) is 11.4 Å². The lowest BCUT2D eigenvalue weighted by Gasteiger charge is -2.35. The fourth-order valence-corrected chi connectivity index (χ4v) is 5.14. The zero-order chi connectivity index (χ0) is 19.6. The monoisotopic (exact) mass is 388 g/mol. The average molecular weight is 389 g/mol. The highest BCUT2D eigenvalue weighted by Crippen LogP contribution is 2.45. The van der Waals surface area contributed by atoms with Crippen molar-refractivity contribution in [3.8, 4) is 0 Å². The Labute approximate surface area is 164 Å². The van der Waals surface area contributed by atoms with Gasteiger partial charge in [-0.05, 0) is 50.8 Å². The minimum Gasteiger partial charge on any atom is -0.481 e. The van der Waals surface area contributed by atoms with Crippen LogP contribution in [0.25, 0.3) is 10.2 Å². The fraction of sp³-hybridized carbons (Fsp3) is 0.571. The van der Waals surface area contributed by atoms with Gasteiger partial charge in [-0.1, -0.05) is 26.7 Å². The maximum atomic E-state index is 13.7. The van der Waals surface area contributed by atoms with Crippen LogP contribution in [-0.2, 0) is 9.59 Å². The summed E-state index contributed by atoms with van der Waals surface area (Å²) in [7, 11) is 0. The van der Waals surface area contributed by atoms with Crippen molar-refractivity contribution in [1.82, 2.24) is 4.98 Å². The number of fused-ring (bicyclic) bond motifs is 1. The Morgan fingerprint density at radius 2 is 2.04 bits per heavy atom. The number of amides is 1. The van der Waals surface area contributed by atoms with E-state index in [0.29, 0.717) is 13.0 Å². The molecule has 1 saturated carbocycles.